The Morgan fingerprint density at radius 2 is 1.79 bits per heavy atom. The highest BCUT2D eigenvalue weighted by atomic mass is 16.5. The number of ether oxygens (including phenoxy) is 2. The SMILES string of the molecule is CCOC(=O)CCCNC(=O)COC(=O)CCc1nc(-c2ccc(C)cc2)no1. The van der Waals surface area contributed by atoms with Gasteiger partial charge in [-0.1, -0.05) is 35.0 Å². The molecule has 0 saturated heterocycles. The van der Waals surface area contributed by atoms with E-state index in [0.29, 0.717) is 31.3 Å². The molecule has 0 aliphatic carbocycles. The monoisotopic (exact) mass is 403 g/mol. The van der Waals surface area contributed by atoms with Crippen molar-refractivity contribution in [2.24, 2.45) is 0 Å². The molecule has 0 saturated carbocycles. The molecule has 1 amide bonds. The summed E-state index contributed by atoms with van der Waals surface area (Å²) in [4.78, 5) is 38.8. The highest BCUT2D eigenvalue weighted by Gasteiger charge is 2.12. The molecule has 0 spiro atoms. The van der Waals surface area contributed by atoms with Crippen LogP contribution in [0.4, 0.5) is 0 Å². The van der Waals surface area contributed by atoms with E-state index in [1.54, 1.807) is 6.92 Å². The molecule has 1 N–H and O–H groups in total. The number of rotatable bonds is 11. The van der Waals surface area contributed by atoms with Crippen LogP contribution < -0.4 is 5.32 Å². The number of amides is 1. The summed E-state index contributed by atoms with van der Waals surface area (Å²) in [5.41, 5.74) is 1.95. The van der Waals surface area contributed by atoms with Gasteiger partial charge >= 0.3 is 11.9 Å². The second-order valence-corrected chi connectivity index (χ2v) is 6.30. The predicted molar refractivity (Wildman–Crippen MR) is 103 cm³/mol. The van der Waals surface area contributed by atoms with Gasteiger partial charge in [0.1, 0.15) is 0 Å². The molecule has 0 fully saturated rings. The molecule has 0 aliphatic rings. The Morgan fingerprint density at radius 3 is 2.52 bits per heavy atom. The molecule has 9 nitrogen and oxygen atoms in total. The van der Waals surface area contributed by atoms with Crippen LogP contribution >= 0.6 is 0 Å². The van der Waals surface area contributed by atoms with E-state index in [2.05, 4.69) is 15.5 Å². The first-order chi connectivity index (χ1) is 14.0. The third-order valence-corrected chi connectivity index (χ3v) is 3.87. The van der Waals surface area contributed by atoms with Crippen molar-refractivity contribution < 1.29 is 28.4 Å². The molecule has 0 aliphatic heterocycles. The summed E-state index contributed by atoms with van der Waals surface area (Å²) in [6, 6.07) is 7.68. The standard InChI is InChI=1S/C20H25N3O6/c1-3-27-18(25)5-4-12-21-16(24)13-28-19(26)11-10-17-22-20(23-29-17)15-8-6-14(2)7-9-15/h6-9H,3-5,10-13H2,1-2H3,(H,21,24). The van der Waals surface area contributed by atoms with Crippen molar-refractivity contribution in [1.29, 1.82) is 0 Å². The molecule has 0 bridgehead atoms. The zero-order valence-electron chi connectivity index (χ0n) is 16.6. The van der Waals surface area contributed by atoms with Crippen LogP contribution in [0.5, 0.6) is 0 Å². The van der Waals surface area contributed by atoms with Gasteiger partial charge in [0.25, 0.3) is 5.91 Å². The van der Waals surface area contributed by atoms with E-state index in [1.165, 1.54) is 0 Å². The molecule has 0 radical (unpaired) electrons. The number of benzene rings is 1. The summed E-state index contributed by atoms with van der Waals surface area (Å²) in [6.45, 7) is 3.98. The second kappa shape index (κ2) is 11.6. The first-order valence-electron chi connectivity index (χ1n) is 9.45. The zero-order chi connectivity index (χ0) is 21.1. The van der Waals surface area contributed by atoms with E-state index in [4.69, 9.17) is 14.0 Å². The maximum absolute atomic E-state index is 11.8. The minimum absolute atomic E-state index is 0.0195. The van der Waals surface area contributed by atoms with E-state index in [-0.39, 0.29) is 31.8 Å². The maximum Gasteiger partial charge on any atom is 0.306 e. The van der Waals surface area contributed by atoms with Gasteiger partial charge in [0.15, 0.2) is 6.61 Å². The number of carbonyl (C=O) groups excluding carboxylic acids is 3. The van der Waals surface area contributed by atoms with Crippen molar-refractivity contribution in [1.82, 2.24) is 15.5 Å². The van der Waals surface area contributed by atoms with Crippen LogP contribution in [0.2, 0.25) is 0 Å². The molecule has 1 heterocycles. The lowest BCUT2D eigenvalue weighted by Crippen LogP contribution is -2.30. The van der Waals surface area contributed by atoms with Crippen molar-refractivity contribution in [2.75, 3.05) is 19.8 Å². The number of aromatic nitrogens is 2. The van der Waals surface area contributed by atoms with Gasteiger partial charge in [0.05, 0.1) is 13.0 Å². The molecule has 29 heavy (non-hydrogen) atoms. The summed E-state index contributed by atoms with van der Waals surface area (Å²) >= 11 is 0. The largest absolute Gasteiger partial charge is 0.466 e. The molecule has 1 aromatic heterocycles. The molecule has 2 aromatic rings. The van der Waals surface area contributed by atoms with Crippen LogP contribution in [0.3, 0.4) is 0 Å². The van der Waals surface area contributed by atoms with Gasteiger partial charge in [-0.15, -0.1) is 0 Å². The summed E-state index contributed by atoms with van der Waals surface area (Å²) in [7, 11) is 0. The second-order valence-electron chi connectivity index (χ2n) is 6.30. The topological polar surface area (TPSA) is 121 Å². The van der Waals surface area contributed by atoms with Crippen molar-refractivity contribution in [3.8, 4) is 11.4 Å². The van der Waals surface area contributed by atoms with Gasteiger partial charge in [-0.25, -0.2) is 0 Å². The zero-order valence-corrected chi connectivity index (χ0v) is 16.6. The predicted octanol–water partition coefficient (Wildman–Crippen LogP) is 1.98. The molecule has 1 aromatic carbocycles. The average molecular weight is 403 g/mol. The Bertz CT molecular complexity index is 816. The molecular formula is C20H25N3O6. The number of aryl methyl sites for hydroxylation is 2. The van der Waals surface area contributed by atoms with Crippen LogP contribution in [0, 0.1) is 6.92 Å². The highest BCUT2D eigenvalue weighted by Crippen LogP contribution is 2.16. The third kappa shape index (κ3) is 8.12. The quantitative estimate of drug-likeness (QED) is 0.447. The lowest BCUT2D eigenvalue weighted by atomic mass is 10.1. The Hall–Kier alpha value is -3.23. The van der Waals surface area contributed by atoms with Crippen LogP contribution in [-0.2, 0) is 30.3 Å². The molecule has 9 heteroatoms. The number of hydrogen-bond acceptors (Lipinski definition) is 8. The fourth-order valence-corrected chi connectivity index (χ4v) is 2.35. The van der Waals surface area contributed by atoms with Gasteiger partial charge in [-0.05, 0) is 20.3 Å². The van der Waals surface area contributed by atoms with Crippen molar-refractivity contribution >= 4 is 17.8 Å². The molecule has 0 atom stereocenters. The van der Waals surface area contributed by atoms with E-state index in [0.717, 1.165) is 11.1 Å². The summed E-state index contributed by atoms with van der Waals surface area (Å²) < 4.78 is 14.8. The molecule has 156 valence electrons. The number of esters is 2. The lowest BCUT2D eigenvalue weighted by Gasteiger charge is -2.06. The van der Waals surface area contributed by atoms with Crippen molar-refractivity contribution in [3.63, 3.8) is 0 Å². The van der Waals surface area contributed by atoms with Crippen LogP contribution in [0.25, 0.3) is 11.4 Å². The number of nitrogens with zero attached hydrogens (tertiary/aromatic N) is 2. The van der Waals surface area contributed by atoms with E-state index < -0.39 is 11.9 Å². The van der Waals surface area contributed by atoms with E-state index in [9.17, 15) is 14.4 Å². The van der Waals surface area contributed by atoms with Crippen LogP contribution in [0.15, 0.2) is 28.8 Å². The first-order valence-corrected chi connectivity index (χ1v) is 9.45. The first kappa shape index (κ1) is 22.1. The summed E-state index contributed by atoms with van der Waals surface area (Å²) in [5.74, 6) is -0.500. The minimum Gasteiger partial charge on any atom is -0.466 e. The Kier molecular flexibility index (Phi) is 8.81. The van der Waals surface area contributed by atoms with Gasteiger partial charge in [-0.2, -0.15) is 4.98 Å². The van der Waals surface area contributed by atoms with Crippen molar-refractivity contribution in [3.05, 3.63) is 35.7 Å². The fourth-order valence-electron chi connectivity index (χ4n) is 2.35. The average Bonchev–Trinajstić information content (AvgIpc) is 3.18. The van der Waals surface area contributed by atoms with E-state index in [1.807, 2.05) is 31.2 Å². The van der Waals surface area contributed by atoms with Gasteiger partial charge in [0, 0.05) is 24.9 Å². The van der Waals surface area contributed by atoms with Crippen LogP contribution in [0.1, 0.15) is 37.6 Å². The molecule has 2 rings (SSSR count). The number of carbonyl (C=O) groups is 3. The number of hydrogen-bond donors (Lipinski definition) is 1. The molecular weight excluding hydrogens is 378 g/mol. The maximum atomic E-state index is 11.8. The Morgan fingerprint density at radius 1 is 1.07 bits per heavy atom. The Labute approximate surface area is 168 Å². The molecule has 0 unspecified atom stereocenters. The smallest absolute Gasteiger partial charge is 0.306 e. The van der Waals surface area contributed by atoms with Gasteiger partial charge in [0.2, 0.25) is 11.7 Å². The lowest BCUT2D eigenvalue weighted by molar-refractivity contribution is -0.148. The van der Waals surface area contributed by atoms with Gasteiger partial charge in [-0.3, -0.25) is 14.4 Å². The van der Waals surface area contributed by atoms with Gasteiger partial charge < -0.3 is 19.3 Å². The summed E-state index contributed by atoms with van der Waals surface area (Å²) in [5, 5.41) is 6.47. The number of nitrogens with one attached hydrogen (secondary N) is 1. The fraction of sp³-hybridized carbons (Fsp3) is 0.450. The van der Waals surface area contributed by atoms with Crippen molar-refractivity contribution in [2.45, 2.75) is 39.5 Å². The third-order valence-electron chi connectivity index (χ3n) is 3.87. The Balaban J connectivity index is 1.63. The normalized spacial score (nSPS) is 10.4. The van der Waals surface area contributed by atoms with Crippen LogP contribution in [-0.4, -0.2) is 47.7 Å². The highest BCUT2D eigenvalue weighted by molar-refractivity contribution is 5.80. The minimum atomic E-state index is -0.540. The summed E-state index contributed by atoms with van der Waals surface area (Å²) in [6.07, 6.45) is 0.923. The van der Waals surface area contributed by atoms with E-state index >= 15 is 0 Å².